The molecule has 0 spiro atoms. The zero-order chi connectivity index (χ0) is 21.0. The van der Waals surface area contributed by atoms with Crippen LogP contribution in [0.4, 0.5) is 0 Å². The molecule has 1 atom stereocenters. The number of ether oxygens (including phenoxy) is 1. The van der Waals surface area contributed by atoms with E-state index >= 15 is 0 Å². The van der Waals surface area contributed by atoms with Gasteiger partial charge in [0.25, 0.3) is 0 Å². The van der Waals surface area contributed by atoms with Crippen molar-refractivity contribution in [2.24, 2.45) is 0 Å². The van der Waals surface area contributed by atoms with Crippen molar-refractivity contribution in [1.82, 2.24) is 5.32 Å². The Kier molecular flexibility index (Phi) is 9.32. The lowest BCUT2D eigenvalue weighted by molar-refractivity contribution is 0.276. The van der Waals surface area contributed by atoms with Gasteiger partial charge in [0.05, 0.1) is 12.9 Å². The summed E-state index contributed by atoms with van der Waals surface area (Å²) in [5, 5.41) is 4.36. The van der Waals surface area contributed by atoms with Crippen LogP contribution in [0, 0.1) is 0 Å². The summed E-state index contributed by atoms with van der Waals surface area (Å²) in [4.78, 5) is 8.60. The highest BCUT2D eigenvalue weighted by Gasteiger charge is 2.11. The number of benzene rings is 2. The van der Waals surface area contributed by atoms with Crippen LogP contribution < -0.4 is 10.1 Å². The molecule has 0 radical (unpaired) electrons. The maximum Gasteiger partial charge on any atom is 0.694 e. The Morgan fingerprint density at radius 1 is 0.967 bits per heavy atom. The van der Waals surface area contributed by atoms with Crippen molar-refractivity contribution in [2.45, 2.75) is 38.6 Å². The first-order valence-electron chi connectivity index (χ1n) is 10.4. The second-order valence-corrected chi connectivity index (χ2v) is 7.87. The summed E-state index contributed by atoms with van der Waals surface area (Å²) in [5.41, 5.74) is 3.29. The third kappa shape index (κ3) is 7.22. The van der Waals surface area contributed by atoms with Crippen LogP contribution in [-0.2, 0) is 22.1 Å². The van der Waals surface area contributed by atoms with Gasteiger partial charge < -0.3 is 14.5 Å². The minimum absolute atomic E-state index is 0.262. The fourth-order valence-electron chi connectivity index (χ4n) is 3.36. The third-order valence-corrected chi connectivity index (χ3v) is 5.30. The molecule has 160 valence electrons. The van der Waals surface area contributed by atoms with E-state index in [1.54, 1.807) is 6.26 Å². The van der Waals surface area contributed by atoms with E-state index in [0.717, 1.165) is 48.0 Å². The van der Waals surface area contributed by atoms with Crippen molar-refractivity contribution in [3.8, 4) is 5.75 Å². The summed E-state index contributed by atoms with van der Waals surface area (Å²) >= 11 is 0. The molecule has 3 rings (SSSR count). The second kappa shape index (κ2) is 12.5. The Bertz CT molecular complexity index is 912. The Labute approximate surface area is 178 Å². The predicted octanol–water partition coefficient (Wildman–Crippen LogP) is 5.37. The SMILES string of the molecule is O=[P+](O)OCCCNCc1ccc(OCCCCCc2ccccc2)c2occc12. The first kappa shape index (κ1) is 22.4. The monoisotopic (exact) mass is 430 g/mol. The van der Waals surface area contributed by atoms with Crippen LogP contribution in [0.2, 0.25) is 0 Å². The summed E-state index contributed by atoms with van der Waals surface area (Å²) in [5.74, 6) is 0.780. The topological polar surface area (TPSA) is 80.9 Å². The molecule has 0 bridgehead atoms. The van der Waals surface area contributed by atoms with Gasteiger partial charge in [0.15, 0.2) is 11.3 Å². The van der Waals surface area contributed by atoms with Crippen LogP contribution in [0.25, 0.3) is 11.0 Å². The van der Waals surface area contributed by atoms with Gasteiger partial charge in [-0.15, -0.1) is 9.42 Å². The van der Waals surface area contributed by atoms with Crippen molar-refractivity contribution in [3.05, 3.63) is 65.9 Å². The zero-order valence-corrected chi connectivity index (χ0v) is 18.0. The Morgan fingerprint density at radius 3 is 2.67 bits per heavy atom. The van der Waals surface area contributed by atoms with Crippen molar-refractivity contribution < 1.29 is 23.1 Å². The zero-order valence-electron chi connectivity index (χ0n) is 17.1. The van der Waals surface area contributed by atoms with E-state index in [1.165, 1.54) is 5.56 Å². The Morgan fingerprint density at radius 2 is 1.83 bits per heavy atom. The number of fused-ring (bicyclic) bond motifs is 1. The average Bonchev–Trinajstić information content (AvgIpc) is 3.25. The van der Waals surface area contributed by atoms with Gasteiger partial charge in [0.2, 0.25) is 0 Å². The van der Waals surface area contributed by atoms with Crippen LogP contribution in [0.15, 0.2) is 59.2 Å². The number of nitrogens with one attached hydrogen (secondary N) is 1. The molecule has 30 heavy (non-hydrogen) atoms. The summed E-state index contributed by atoms with van der Waals surface area (Å²) in [6.45, 7) is 2.32. The van der Waals surface area contributed by atoms with Crippen molar-refractivity contribution in [2.75, 3.05) is 19.8 Å². The van der Waals surface area contributed by atoms with Crippen LogP contribution in [0.5, 0.6) is 5.75 Å². The predicted molar refractivity (Wildman–Crippen MR) is 118 cm³/mol. The fraction of sp³-hybridized carbons (Fsp3) is 0.391. The van der Waals surface area contributed by atoms with E-state index in [1.807, 2.05) is 18.2 Å². The van der Waals surface area contributed by atoms with E-state index in [-0.39, 0.29) is 6.61 Å². The van der Waals surface area contributed by atoms with Gasteiger partial charge in [0.1, 0.15) is 6.61 Å². The molecule has 0 fully saturated rings. The lowest BCUT2D eigenvalue weighted by Crippen LogP contribution is -2.16. The molecule has 1 unspecified atom stereocenters. The molecule has 2 aromatic carbocycles. The van der Waals surface area contributed by atoms with Crippen LogP contribution >= 0.6 is 8.25 Å². The van der Waals surface area contributed by atoms with Crippen LogP contribution in [0.1, 0.15) is 36.8 Å². The fourth-order valence-corrected chi connectivity index (χ4v) is 3.65. The maximum absolute atomic E-state index is 10.5. The normalized spacial score (nSPS) is 11.7. The molecule has 0 aliphatic rings. The van der Waals surface area contributed by atoms with E-state index in [9.17, 15) is 4.57 Å². The van der Waals surface area contributed by atoms with Gasteiger partial charge in [0, 0.05) is 16.5 Å². The Balaban J connectivity index is 1.39. The number of aryl methyl sites for hydroxylation is 1. The van der Waals surface area contributed by atoms with E-state index in [0.29, 0.717) is 26.1 Å². The highest BCUT2D eigenvalue weighted by atomic mass is 31.1. The number of furan rings is 1. The molecule has 0 amide bonds. The molecule has 1 aromatic heterocycles. The molecule has 6 nitrogen and oxygen atoms in total. The maximum atomic E-state index is 10.5. The number of rotatable bonds is 14. The average molecular weight is 430 g/mol. The molecule has 1 heterocycles. The number of unbranched alkanes of at least 4 members (excludes halogenated alkanes) is 2. The first-order chi connectivity index (χ1) is 14.7. The van der Waals surface area contributed by atoms with Gasteiger partial charge in [-0.25, -0.2) is 0 Å². The molecule has 2 N–H and O–H groups in total. The molecule has 0 saturated carbocycles. The highest BCUT2D eigenvalue weighted by Crippen LogP contribution is 2.30. The van der Waals surface area contributed by atoms with Gasteiger partial charge in [-0.1, -0.05) is 36.4 Å². The van der Waals surface area contributed by atoms with Crippen molar-refractivity contribution >= 4 is 19.2 Å². The summed E-state index contributed by atoms with van der Waals surface area (Å²) in [6.07, 6.45) is 6.77. The van der Waals surface area contributed by atoms with Crippen molar-refractivity contribution in [3.63, 3.8) is 0 Å². The largest absolute Gasteiger partial charge is 0.694 e. The lowest BCUT2D eigenvalue weighted by Gasteiger charge is -2.10. The summed E-state index contributed by atoms with van der Waals surface area (Å²) in [6, 6.07) is 16.5. The number of hydrogen-bond acceptors (Lipinski definition) is 5. The Hall–Kier alpha value is -2.24. The molecule has 3 aromatic rings. The molecular weight excluding hydrogens is 401 g/mol. The number of hydrogen-bond donors (Lipinski definition) is 2. The molecule has 0 aliphatic heterocycles. The van der Waals surface area contributed by atoms with E-state index in [4.69, 9.17) is 14.0 Å². The minimum Gasteiger partial charge on any atom is -0.490 e. The lowest BCUT2D eigenvalue weighted by atomic mass is 10.1. The highest BCUT2D eigenvalue weighted by molar-refractivity contribution is 7.32. The first-order valence-corrected chi connectivity index (χ1v) is 11.5. The van der Waals surface area contributed by atoms with E-state index < -0.39 is 8.25 Å². The molecule has 0 saturated heterocycles. The quantitative estimate of drug-likeness (QED) is 0.264. The van der Waals surface area contributed by atoms with Crippen LogP contribution in [-0.4, -0.2) is 24.7 Å². The third-order valence-electron chi connectivity index (χ3n) is 4.90. The van der Waals surface area contributed by atoms with Crippen molar-refractivity contribution in [1.29, 1.82) is 0 Å². The molecule has 0 aliphatic carbocycles. The molecule has 7 heteroatoms. The molecular formula is C23H29NO5P+. The standard InChI is InChI=1S/C23H28NO5P/c25-30(26)29-16-7-14-24-18-20-11-12-22(23-21(20)13-17-28-23)27-15-6-2-5-10-19-8-3-1-4-9-19/h1,3-4,8-9,11-13,17,24H,2,5-7,10,14-16,18H2/p+1. The minimum atomic E-state index is -2.51. The summed E-state index contributed by atoms with van der Waals surface area (Å²) < 4.78 is 26.8. The smallest absolute Gasteiger partial charge is 0.490 e. The van der Waals surface area contributed by atoms with Gasteiger partial charge in [-0.05, 0) is 61.9 Å². The second-order valence-electron chi connectivity index (χ2n) is 7.13. The van der Waals surface area contributed by atoms with Gasteiger partial charge in [-0.2, -0.15) is 0 Å². The van der Waals surface area contributed by atoms with Gasteiger partial charge >= 0.3 is 8.25 Å². The van der Waals surface area contributed by atoms with Crippen LogP contribution in [0.3, 0.4) is 0 Å². The summed E-state index contributed by atoms with van der Waals surface area (Å²) in [7, 11) is -2.51. The van der Waals surface area contributed by atoms with Gasteiger partial charge in [-0.3, -0.25) is 0 Å². The van der Waals surface area contributed by atoms with E-state index in [2.05, 4.69) is 40.2 Å².